The van der Waals surface area contributed by atoms with Crippen LogP contribution >= 0.6 is 0 Å². The molecule has 0 aliphatic carbocycles. The van der Waals surface area contributed by atoms with Gasteiger partial charge in [-0.1, -0.05) is 43.7 Å². The van der Waals surface area contributed by atoms with Crippen LogP contribution in [0.4, 0.5) is 4.79 Å². The van der Waals surface area contributed by atoms with Gasteiger partial charge in [0.25, 0.3) is 0 Å². The number of hydrogen-bond donors (Lipinski definition) is 4. The molecule has 4 aliphatic rings. The Bertz CT molecular complexity index is 1100. The number of amides is 3. The molecule has 0 aromatic rings. The van der Waals surface area contributed by atoms with Crippen molar-refractivity contribution < 1.29 is 38.8 Å². The predicted octanol–water partition coefficient (Wildman–Crippen LogP) is 3.06. The van der Waals surface area contributed by atoms with Gasteiger partial charge in [0.15, 0.2) is 0 Å². The number of likely N-dealkylation sites (tertiary alicyclic amines) is 1. The number of primary amides is 1. The van der Waals surface area contributed by atoms with Crippen LogP contribution in [0.15, 0.2) is 36.0 Å². The first-order chi connectivity index (χ1) is 20.4. The quantitative estimate of drug-likeness (QED) is 0.168. The van der Waals surface area contributed by atoms with Crippen molar-refractivity contribution in [2.45, 2.75) is 121 Å². The van der Waals surface area contributed by atoms with Crippen LogP contribution < -0.4 is 11.1 Å². The van der Waals surface area contributed by atoms with E-state index in [1.807, 2.05) is 39.0 Å². The first-order valence-corrected chi connectivity index (χ1v) is 15.6. The molecule has 4 heterocycles. The number of rotatable bonds is 10. The number of piperidine rings is 1. The van der Waals surface area contributed by atoms with E-state index in [9.17, 15) is 24.6 Å². The molecule has 1 unspecified atom stereocenters. The Balaban J connectivity index is 1.25. The van der Waals surface area contributed by atoms with E-state index in [-0.39, 0.29) is 54.6 Å². The number of carbonyl (C=O) groups is 3. The monoisotopic (exact) mass is 603 g/mol. The molecule has 1 spiro atoms. The number of carboxylic acid groups (broad SMARTS) is 1. The first-order valence-electron chi connectivity index (χ1n) is 15.6. The number of ether oxygens (including phenoxy) is 3. The van der Waals surface area contributed by atoms with Crippen molar-refractivity contribution in [2.24, 2.45) is 17.6 Å². The molecule has 240 valence electrons. The number of allylic oxidation sites excluding steroid dienone is 2. The summed E-state index contributed by atoms with van der Waals surface area (Å²) in [6.07, 6.45) is 11.0. The van der Waals surface area contributed by atoms with Crippen molar-refractivity contribution in [2.75, 3.05) is 13.2 Å². The van der Waals surface area contributed by atoms with E-state index in [2.05, 4.69) is 18.3 Å². The molecule has 4 rings (SSSR count). The summed E-state index contributed by atoms with van der Waals surface area (Å²) in [5, 5.41) is 23.3. The molecule has 11 heteroatoms. The average Bonchev–Trinajstić information content (AvgIpc) is 3.73. The van der Waals surface area contributed by atoms with Crippen LogP contribution in [-0.4, -0.2) is 94.4 Å². The highest BCUT2D eigenvalue weighted by Gasteiger charge is 2.58. The topological polar surface area (TPSA) is 164 Å². The fourth-order valence-corrected chi connectivity index (χ4v) is 6.70. The van der Waals surface area contributed by atoms with Crippen molar-refractivity contribution in [1.82, 2.24) is 10.2 Å². The third-order valence-electron chi connectivity index (χ3n) is 9.44. The Labute approximate surface area is 254 Å². The average molecular weight is 604 g/mol. The number of hydrogen-bond acceptors (Lipinski definition) is 7. The van der Waals surface area contributed by atoms with Crippen LogP contribution in [0.1, 0.15) is 72.6 Å². The highest BCUT2D eigenvalue weighted by molar-refractivity contribution is 5.87. The van der Waals surface area contributed by atoms with E-state index in [0.717, 1.165) is 31.3 Å². The normalized spacial score (nSPS) is 37.5. The van der Waals surface area contributed by atoms with Gasteiger partial charge in [-0.3, -0.25) is 9.59 Å². The fourth-order valence-electron chi connectivity index (χ4n) is 6.70. The molecular formula is C32H49N3O8. The van der Waals surface area contributed by atoms with Crippen LogP contribution in [0.3, 0.4) is 0 Å². The van der Waals surface area contributed by atoms with Crippen LogP contribution in [0.2, 0.25) is 0 Å². The van der Waals surface area contributed by atoms with Gasteiger partial charge in [-0.25, -0.2) is 4.79 Å². The lowest BCUT2D eigenvalue weighted by Gasteiger charge is -2.39. The lowest BCUT2D eigenvalue weighted by Crippen LogP contribution is -2.50. The van der Waals surface area contributed by atoms with Gasteiger partial charge in [-0.15, -0.1) is 0 Å². The summed E-state index contributed by atoms with van der Waals surface area (Å²) in [5.41, 5.74) is 5.70. The smallest absolute Gasteiger partial charge is 0.407 e. The molecule has 0 aromatic carbocycles. The van der Waals surface area contributed by atoms with E-state index in [0.29, 0.717) is 26.0 Å². The number of aliphatic hydroxyl groups excluding tert-OH is 1. The van der Waals surface area contributed by atoms with Crippen LogP contribution in [0.25, 0.3) is 0 Å². The standard InChI is InChI=1S/C32H49N3O8/c1-19(9-12-27-30(38)32(18-41-32)17-23(43-27)16-28(33)36)8-11-26-21(3)15-24(22(4)42-26)34-29(37)13-10-20(2)25-7-5-6-14-35(25)31(39)40/h8-10,12-13,20-27,30,38H,5-7,11,14-18H2,1-4H3,(H2,33,36)(H,34,37)(H,39,40)/b12-9+,13-10-,19-8+/t20?,21-,22+,23+,24+,25-,26-,27+,30+,32+/m0/s1. The molecule has 0 radical (unpaired) electrons. The Morgan fingerprint density at radius 3 is 2.60 bits per heavy atom. The van der Waals surface area contributed by atoms with Crippen molar-refractivity contribution in [3.8, 4) is 0 Å². The van der Waals surface area contributed by atoms with Gasteiger partial charge in [-0.05, 0) is 63.9 Å². The minimum Gasteiger partial charge on any atom is -0.465 e. The third kappa shape index (κ3) is 8.68. The van der Waals surface area contributed by atoms with Gasteiger partial charge in [0.1, 0.15) is 17.8 Å². The molecular weight excluding hydrogens is 554 g/mol. The van der Waals surface area contributed by atoms with Crippen molar-refractivity contribution in [3.05, 3.63) is 36.0 Å². The minimum atomic E-state index is -0.902. The Morgan fingerprint density at radius 2 is 1.93 bits per heavy atom. The molecule has 11 nitrogen and oxygen atoms in total. The molecule has 3 amide bonds. The SMILES string of the molecule is CC(/C=C/[C@H]1O[C@H](CC(N)=O)C[C@@]2(CO2)[C@@H]1O)=C\C[C@@H]1O[C@H](C)[C@H](NC(=O)/C=C\C(C)[C@@H]2CCCCN2C(=O)O)C[C@@H]1C. The first kappa shape index (κ1) is 33.2. The van der Waals surface area contributed by atoms with Crippen LogP contribution in [0, 0.1) is 11.8 Å². The van der Waals surface area contributed by atoms with E-state index in [4.69, 9.17) is 19.9 Å². The summed E-state index contributed by atoms with van der Waals surface area (Å²) < 4.78 is 17.8. The predicted molar refractivity (Wildman–Crippen MR) is 160 cm³/mol. The lowest BCUT2D eigenvalue weighted by atomic mass is 9.87. The highest BCUT2D eigenvalue weighted by atomic mass is 16.6. The minimum absolute atomic E-state index is 0.00466. The summed E-state index contributed by atoms with van der Waals surface area (Å²) in [5.74, 6) is -0.473. The zero-order valence-electron chi connectivity index (χ0n) is 25.8. The van der Waals surface area contributed by atoms with Gasteiger partial charge in [-0.2, -0.15) is 0 Å². The molecule has 4 fully saturated rings. The second-order valence-corrected chi connectivity index (χ2v) is 12.9. The van der Waals surface area contributed by atoms with Crippen molar-refractivity contribution in [3.63, 3.8) is 0 Å². The van der Waals surface area contributed by atoms with Gasteiger partial charge in [0.2, 0.25) is 11.8 Å². The second-order valence-electron chi connectivity index (χ2n) is 12.9. The molecule has 0 saturated carbocycles. The Kier molecular flexibility index (Phi) is 11.1. The number of nitrogens with one attached hydrogen (secondary N) is 1. The summed E-state index contributed by atoms with van der Waals surface area (Å²) >= 11 is 0. The maximum atomic E-state index is 12.7. The third-order valence-corrected chi connectivity index (χ3v) is 9.44. The molecule has 4 saturated heterocycles. The summed E-state index contributed by atoms with van der Waals surface area (Å²) in [7, 11) is 0. The lowest BCUT2D eigenvalue weighted by molar-refractivity contribution is -0.143. The Morgan fingerprint density at radius 1 is 1.19 bits per heavy atom. The summed E-state index contributed by atoms with van der Waals surface area (Å²) in [4.78, 5) is 37.2. The number of nitrogens with two attached hydrogens (primary N) is 1. The highest BCUT2D eigenvalue weighted by Crippen LogP contribution is 2.43. The maximum absolute atomic E-state index is 12.7. The Hall–Kier alpha value is -2.73. The van der Waals surface area contributed by atoms with Crippen molar-refractivity contribution >= 4 is 17.9 Å². The van der Waals surface area contributed by atoms with E-state index in [1.165, 1.54) is 11.0 Å². The van der Waals surface area contributed by atoms with Gasteiger partial charge < -0.3 is 40.4 Å². The molecule has 43 heavy (non-hydrogen) atoms. The van der Waals surface area contributed by atoms with E-state index >= 15 is 0 Å². The largest absolute Gasteiger partial charge is 0.465 e. The maximum Gasteiger partial charge on any atom is 0.407 e. The molecule has 0 aromatic heterocycles. The molecule has 0 bridgehead atoms. The van der Waals surface area contributed by atoms with Gasteiger partial charge >= 0.3 is 6.09 Å². The summed E-state index contributed by atoms with van der Waals surface area (Å²) in [6.45, 7) is 9.02. The van der Waals surface area contributed by atoms with Gasteiger partial charge in [0, 0.05) is 19.0 Å². The van der Waals surface area contributed by atoms with Crippen LogP contribution in [0.5, 0.6) is 0 Å². The van der Waals surface area contributed by atoms with E-state index < -0.39 is 29.8 Å². The fraction of sp³-hybridized carbons (Fsp3) is 0.719. The van der Waals surface area contributed by atoms with E-state index in [1.54, 1.807) is 0 Å². The van der Waals surface area contributed by atoms with Crippen molar-refractivity contribution in [1.29, 1.82) is 0 Å². The number of epoxide rings is 1. The molecule has 4 aliphatic heterocycles. The molecule has 5 N–H and O–H groups in total. The second kappa shape index (κ2) is 14.4. The number of nitrogens with zero attached hydrogens (tertiary/aromatic N) is 1. The summed E-state index contributed by atoms with van der Waals surface area (Å²) in [6, 6.07) is -0.230. The number of carbonyl (C=O) groups excluding carboxylic acids is 2. The van der Waals surface area contributed by atoms with Gasteiger partial charge in [0.05, 0.1) is 37.4 Å². The molecule has 10 atom stereocenters. The zero-order chi connectivity index (χ0) is 31.3. The zero-order valence-corrected chi connectivity index (χ0v) is 25.8. The van der Waals surface area contributed by atoms with Crippen LogP contribution in [-0.2, 0) is 23.8 Å². The number of aliphatic hydroxyl groups is 1.